The maximum atomic E-state index is 4.52. The van der Waals surface area contributed by atoms with Crippen LogP contribution in [0.3, 0.4) is 0 Å². The van der Waals surface area contributed by atoms with Gasteiger partial charge in [-0.05, 0) is 48.4 Å². The molecule has 0 amide bonds. The van der Waals surface area contributed by atoms with Gasteiger partial charge in [-0.15, -0.1) is 0 Å². The average molecular weight is 395 g/mol. The fourth-order valence-electron chi connectivity index (χ4n) is 4.48. The van der Waals surface area contributed by atoms with Crippen molar-refractivity contribution in [2.45, 2.75) is 38.6 Å². The summed E-state index contributed by atoms with van der Waals surface area (Å²) in [6, 6.07) is 9.03. The first-order chi connectivity index (χ1) is 14.1. The van der Waals surface area contributed by atoms with Crippen LogP contribution in [0.4, 0.5) is 5.69 Å². The van der Waals surface area contributed by atoms with E-state index in [1.807, 2.05) is 25.0 Å². The molecule has 3 heterocycles. The van der Waals surface area contributed by atoms with Gasteiger partial charge in [-0.2, -0.15) is 5.10 Å². The molecule has 1 unspecified atom stereocenters. The van der Waals surface area contributed by atoms with Crippen molar-refractivity contribution >= 4 is 11.6 Å². The Morgan fingerprint density at radius 1 is 1.14 bits per heavy atom. The number of hydrogen-bond acceptors (Lipinski definition) is 3. The van der Waals surface area contributed by atoms with Gasteiger partial charge in [0.25, 0.3) is 0 Å². The minimum absolute atomic E-state index is 0.536. The molecule has 6 nitrogen and oxygen atoms in total. The lowest BCUT2D eigenvalue weighted by atomic mass is 9.99. The summed E-state index contributed by atoms with van der Waals surface area (Å²) >= 11 is 0. The minimum Gasteiger partial charge on any atom is -0.372 e. The van der Waals surface area contributed by atoms with Crippen LogP contribution in [0.25, 0.3) is 0 Å². The van der Waals surface area contributed by atoms with Crippen LogP contribution in [-0.4, -0.2) is 53.9 Å². The average Bonchev–Trinajstić information content (AvgIpc) is 3.39. The van der Waals surface area contributed by atoms with Crippen LogP contribution in [0.2, 0.25) is 0 Å². The van der Waals surface area contributed by atoms with Gasteiger partial charge >= 0.3 is 0 Å². The number of nitrogens with one attached hydrogen (secondary N) is 1. The molecule has 29 heavy (non-hydrogen) atoms. The van der Waals surface area contributed by atoms with Crippen molar-refractivity contribution in [2.75, 3.05) is 38.1 Å². The number of nitrogens with zero attached hydrogens (tertiary/aromatic N) is 5. The topological polar surface area (TPSA) is 48.7 Å². The zero-order valence-corrected chi connectivity index (χ0v) is 18.0. The number of hydrogen-bond donors (Lipinski definition) is 1. The Balaban J connectivity index is 1.30. The summed E-state index contributed by atoms with van der Waals surface area (Å²) in [4.78, 5) is 9.39. The fraction of sp³-hybridized carbons (Fsp3) is 0.565. The first-order valence-electron chi connectivity index (χ1n) is 10.9. The molecular formula is C23H34N6. The molecule has 1 aromatic carbocycles. The van der Waals surface area contributed by atoms with Crippen molar-refractivity contribution in [3.8, 4) is 0 Å². The van der Waals surface area contributed by atoms with Gasteiger partial charge in [0.05, 0.1) is 6.20 Å². The maximum absolute atomic E-state index is 4.52. The Hall–Kier alpha value is -2.50. The normalized spacial score (nSPS) is 21.1. The second-order valence-corrected chi connectivity index (χ2v) is 8.62. The first kappa shape index (κ1) is 19.8. The van der Waals surface area contributed by atoms with Crippen molar-refractivity contribution in [1.29, 1.82) is 0 Å². The lowest BCUT2D eigenvalue weighted by molar-refractivity contribution is 0.438. The maximum Gasteiger partial charge on any atom is 0.193 e. The van der Waals surface area contributed by atoms with E-state index in [0.717, 1.165) is 37.9 Å². The predicted octanol–water partition coefficient (Wildman–Crippen LogP) is 3.22. The van der Waals surface area contributed by atoms with Crippen molar-refractivity contribution in [1.82, 2.24) is 20.0 Å². The largest absolute Gasteiger partial charge is 0.372 e. The summed E-state index contributed by atoms with van der Waals surface area (Å²) < 4.78 is 1.89. The zero-order valence-electron chi connectivity index (χ0n) is 18.0. The number of likely N-dealkylation sites (tertiary alicyclic amines) is 1. The molecule has 1 N–H and O–H groups in total. The van der Waals surface area contributed by atoms with Crippen LogP contribution in [-0.2, 0) is 13.6 Å². The van der Waals surface area contributed by atoms with Crippen molar-refractivity contribution in [3.05, 3.63) is 47.8 Å². The van der Waals surface area contributed by atoms with E-state index in [4.69, 9.17) is 0 Å². The molecule has 0 spiro atoms. The van der Waals surface area contributed by atoms with Gasteiger partial charge in [0.2, 0.25) is 0 Å². The van der Waals surface area contributed by atoms with Gasteiger partial charge in [-0.25, -0.2) is 0 Å². The molecule has 4 rings (SSSR count). The van der Waals surface area contributed by atoms with E-state index in [1.165, 1.54) is 42.7 Å². The molecule has 2 aliphatic rings. The SMILES string of the molecule is CN=C(NCc1ccc(N2CCC(C)CC2)cc1)N1CCC(c2cnn(C)c2)C1. The highest BCUT2D eigenvalue weighted by molar-refractivity contribution is 5.80. The predicted molar refractivity (Wildman–Crippen MR) is 119 cm³/mol. The van der Waals surface area contributed by atoms with E-state index in [1.54, 1.807) is 0 Å². The first-order valence-corrected chi connectivity index (χ1v) is 10.9. The molecule has 2 aliphatic heterocycles. The monoisotopic (exact) mass is 394 g/mol. The second-order valence-electron chi connectivity index (χ2n) is 8.62. The third-order valence-electron chi connectivity index (χ3n) is 6.43. The summed E-state index contributed by atoms with van der Waals surface area (Å²) in [5.41, 5.74) is 3.97. The molecule has 0 aliphatic carbocycles. The number of rotatable bonds is 4. The summed E-state index contributed by atoms with van der Waals surface area (Å²) in [7, 11) is 3.86. The molecule has 0 saturated carbocycles. The Morgan fingerprint density at radius 3 is 2.55 bits per heavy atom. The third kappa shape index (κ3) is 4.74. The van der Waals surface area contributed by atoms with Crippen molar-refractivity contribution in [2.24, 2.45) is 18.0 Å². The molecule has 0 bridgehead atoms. The molecule has 2 saturated heterocycles. The van der Waals surface area contributed by atoms with Gasteiger partial charge in [0, 0.05) is 64.6 Å². The smallest absolute Gasteiger partial charge is 0.193 e. The highest BCUT2D eigenvalue weighted by atomic mass is 15.3. The van der Waals surface area contributed by atoms with E-state index in [0.29, 0.717) is 5.92 Å². The third-order valence-corrected chi connectivity index (χ3v) is 6.43. The minimum atomic E-state index is 0.536. The van der Waals surface area contributed by atoms with Crippen LogP contribution < -0.4 is 10.2 Å². The van der Waals surface area contributed by atoms with Crippen LogP contribution in [0, 0.1) is 5.92 Å². The fourth-order valence-corrected chi connectivity index (χ4v) is 4.48. The zero-order chi connectivity index (χ0) is 20.2. The number of piperidine rings is 1. The van der Waals surface area contributed by atoms with Gasteiger partial charge in [0.1, 0.15) is 0 Å². The lowest BCUT2D eigenvalue weighted by Gasteiger charge is -2.32. The van der Waals surface area contributed by atoms with Gasteiger partial charge in [-0.1, -0.05) is 19.1 Å². The number of aryl methyl sites for hydroxylation is 1. The summed E-state index contributed by atoms with van der Waals surface area (Å²) in [5.74, 6) is 2.39. The second kappa shape index (κ2) is 8.89. The van der Waals surface area contributed by atoms with Crippen LogP contribution in [0.15, 0.2) is 41.7 Å². The standard InChI is InChI=1S/C23H34N6/c1-18-8-11-28(12-9-18)22-6-4-19(5-7-22)14-25-23(24-2)29-13-10-20(17-29)21-15-26-27(3)16-21/h4-7,15-16,18,20H,8-14,17H2,1-3H3,(H,24,25). The summed E-state index contributed by atoms with van der Waals surface area (Å²) in [5, 5.41) is 7.87. The number of aliphatic imine (C=N–C) groups is 1. The van der Waals surface area contributed by atoms with Crippen LogP contribution in [0.5, 0.6) is 0 Å². The summed E-state index contributed by atoms with van der Waals surface area (Å²) in [6.45, 7) is 7.55. The Kier molecular flexibility index (Phi) is 6.07. The Labute approximate surface area is 174 Å². The van der Waals surface area contributed by atoms with Gasteiger partial charge in [-0.3, -0.25) is 9.67 Å². The number of aromatic nitrogens is 2. The van der Waals surface area contributed by atoms with E-state index in [2.05, 4.69) is 62.6 Å². The van der Waals surface area contributed by atoms with E-state index in [-0.39, 0.29) is 0 Å². The number of guanidine groups is 1. The molecule has 1 aromatic heterocycles. The van der Waals surface area contributed by atoms with Crippen LogP contribution in [0.1, 0.15) is 43.2 Å². The van der Waals surface area contributed by atoms with Crippen molar-refractivity contribution < 1.29 is 0 Å². The molecule has 6 heteroatoms. The molecule has 156 valence electrons. The summed E-state index contributed by atoms with van der Waals surface area (Å²) in [6.07, 6.45) is 7.88. The van der Waals surface area contributed by atoms with Gasteiger partial charge in [0.15, 0.2) is 5.96 Å². The molecule has 0 radical (unpaired) electrons. The highest BCUT2D eigenvalue weighted by Crippen LogP contribution is 2.27. The van der Waals surface area contributed by atoms with Gasteiger partial charge < -0.3 is 15.1 Å². The van der Waals surface area contributed by atoms with E-state index >= 15 is 0 Å². The van der Waals surface area contributed by atoms with Crippen LogP contribution >= 0.6 is 0 Å². The molecular weight excluding hydrogens is 360 g/mol. The Morgan fingerprint density at radius 2 is 1.90 bits per heavy atom. The molecule has 1 atom stereocenters. The lowest BCUT2D eigenvalue weighted by Crippen LogP contribution is -2.39. The quantitative estimate of drug-likeness (QED) is 0.639. The Bertz CT molecular complexity index is 816. The van der Waals surface area contributed by atoms with E-state index < -0.39 is 0 Å². The molecule has 2 fully saturated rings. The number of anilines is 1. The highest BCUT2D eigenvalue weighted by Gasteiger charge is 2.26. The van der Waals surface area contributed by atoms with E-state index in [9.17, 15) is 0 Å². The van der Waals surface area contributed by atoms with Crippen molar-refractivity contribution in [3.63, 3.8) is 0 Å². The number of benzene rings is 1. The molecule has 2 aromatic rings.